The van der Waals surface area contributed by atoms with Crippen LogP contribution < -0.4 is 5.32 Å². The zero-order chi connectivity index (χ0) is 14.7. The van der Waals surface area contributed by atoms with Crippen molar-refractivity contribution in [3.8, 4) is 0 Å². The van der Waals surface area contributed by atoms with E-state index in [4.69, 9.17) is 4.74 Å². The summed E-state index contributed by atoms with van der Waals surface area (Å²) in [5.41, 5.74) is 0.572. The summed E-state index contributed by atoms with van der Waals surface area (Å²) in [5.74, 6) is -0.00150. The highest BCUT2D eigenvalue weighted by atomic mass is 79.9. The molecule has 0 aliphatic carbocycles. The van der Waals surface area contributed by atoms with E-state index in [9.17, 15) is 9.18 Å². The molecule has 0 fully saturated rings. The minimum Gasteiger partial charge on any atom is -0.441 e. The van der Waals surface area contributed by atoms with Crippen LogP contribution in [0, 0.1) is 5.82 Å². The molecule has 1 heterocycles. The molecule has 2 rings (SSSR count). The Balaban J connectivity index is 2.01. The third-order valence-corrected chi connectivity index (χ3v) is 3.14. The van der Waals surface area contributed by atoms with Crippen LogP contribution in [0.5, 0.6) is 0 Å². The van der Waals surface area contributed by atoms with Gasteiger partial charge in [0.15, 0.2) is 10.4 Å². The number of hydrogen-bond donors (Lipinski definition) is 1. The average molecular weight is 343 g/mol. The number of ether oxygens (including phenoxy) is 1. The highest BCUT2D eigenvalue weighted by Gasteiger charge is 2.16. The second-order valence-corrected chi connectivity index (χ2v) is 4.83. The Bertz CT molecular complexity index is 612. The summed E-state index contributed by atoms with van der Waals surface area (Å²) in [7, 11) is 1.63. The molecule has 1 N–H and O–H groups in total. The van der Waals surface area contributed by atoms with E-state index in [-0.39, 0.29) is 5.82 Å². The first kappa shape index (κ1) is 14.4. The Morgan fingerprint density at radius 1 is 1.55 bits per heavy atom. The van der Waals surface area contributed by atoms with E-state index in [0.29, 0.717) is 16.0 Å². The van der Waals surface area contributed by atoms with Gasteiger partial charge in [-0.15, -0.1) is 5.10 Å². The number of aromatic nitrogens is 3. The Labute approximate surface area is 123 Å². The normalized spacial score (nSPS) is 12.0. The standard InChI is InChI=1S/C12H12BrFN4O2/c1-7(8-4-3-5-9(14)6-8)20-12(19)15-11-10(13)16-17-18(11)2/h3-7H,1-2H3,(H,15,19)/t7-/m1/s1. The number of amides is 1. The number of nitrogens with one attached hydrogen (secondary N) is 1. The number of aryl methyl sites for hydroxylation is 1. The largest absolute Gasteiger partial charge is 0.441 e. The van der Waals surface area contributed by atoms with Gasteiger partial charge >= 0.3 is 6.09 Å². The van der Waals surface area contributed by atoms with Crippen molar-refractivity contribution >= 4 is 27.8 Å². The summed E-state index contributed by atoms with van der Waals surface area (Å²) in [6.45, 7) is 1.66. The van der Waals surface area contributed by atoms with Crippen LogP contribution in [0.4, 0.5) is 15.0 Å². The number of carbonyl (C=O) groups excluding carboxylic acids is 1. The lowest BCUT2D eigenvalue weighted by Gasteiger charge is -2.14. The zero-order valence-electron chi connectivity index (χ0n) is 10.8. The van der Waals surface area contributed by atoms with Crippen LogP contribution in [0.15, 0.2) is 28.9 Å². The number of nitrogens with zero attached hydrogens (tertiary/aromatic N) is 3. The van der Waals surface area contributed by atoms with Gasteiger partial charge in [-0.2, -0.15) is 0 Å². The first-order chi connectivity index (χ1) is 9.47. The molecular formula is C12H12BrFN4O2. The third kappa shape index (κ3) is 3.32. The first-order valence-electron chi connectivity index (χ1n) is 5.75. The van der Waals surface area contributed by atoms with Crippen molar-refractivity contribution in [1.82, 2.24) is 15.0 Å². The fourth-order valence-corrected chi connectivity index (χ4v) is 2.01. The molecule has 106 valence electrons. The topological polar surface area (TPSA) is 69.0 Å². The van der Waals surface area contributed by atoms with Crippen LogP contribution in [0.2, 0.25) is 0 Å². The number of benzene rings is 1. The van der Waals surface area contributed by atoms with E-state index in [1.807, 2.05) is 0 Å². The molecular weight excluding hydrogens is 331 g/mol. The highest BCUT2D eigenvalue weighted by molar-refractivity contribution is 9.10. The summed E-state index contributed by atoms with van der Waals surface area (Å²) >= 11 is 3.15. The molecule has 0 aliphatic heterocycles. The molecule has 0 aliphatic rings. The van der Waals surface area contributed by atoms with Crippen molar-refractivity contribution in [3.63, 3.8) is 0 Å². The highest BCUT2D eigenvalue weighted by Crippen LogP contribution is 2.21. The monoisotopic (exact) mass is 342 g/mol. The molecule has 0 radical (unpaired) electrons. The van der Waals surface area contributed by atoms with Gasteiger partial charge in [0.25, 0.3) is 0 Å². The quantitative estimate of drug-likeness (QED) is 0.930. The number of rotatable bonds is 3. The summed E-state index contributed by atoms with van der Waals surface area (Å²) < 4.78 is 20.0. The van der Waals surface area contributed by atoms with Crippen LogP contribution in [0.3, 0.4) is 0 Å². The van der Waals surface area contributed by atoms with Crippen molar-refractivity contribution in [2.75, 3.05) is 5.32 Å². The SMILES string of the molecule is C[C@@H](OC(=O)Nc1c(Br)nnn1C)c1cccc(F)c1. The predicted octanol–water partition coefficient (Wildman–Crippen LogP) is 3.03. The maximum Gasteiger partial charge on any atom is 0.413 e. The summed E-state index contributed by atoms with van der Waals surface area (Å²) in [4.78, 5) is 11.8. The zero-order valence-corrected chi connectivity index (χ0v) is 12.4. The number of halogens is 2. The van der Waals surface area contributed by atoms with Crippen LogP contribution in [0.25, 0.3) is 0 Å². The van der Waals surface area contributed by atoms with Crippen molar-refractivity contribution in [3.05, 3.63) is 40.2 Å². The Morgan fingerprint density at radius 2 is 2.30 bits per heavy atom. The predicted molar refractivity (Wildman–Crippen MR) is 73.6 cm³/mol. The first-order valence-corrected chi connectivity index (χ1v) is 6.55. The smallest absolute Gasteiger partial charge is 0.413 e. The fourth-order valence-electron chi connectivity index (χ4n) is 1.58. The lowest BCUT2D eigenvalue weighted by atomic mass is 10.1. The van der Waals surface area contributed by atoms with Gasteiger partial charge in [0.2, 0.25) is 0 Å². The van der Waals surface area contributed by atoms with Crippen LogP contribution in [-0.2, 0) is 11.8 Å². The minimum atomic E-state index is -0.673. The van der Waals surface area contributed by atoms with Gasteiger partial charge < -0.3 is 4.74 Å². The lowest BCUT2D eigenvalue weighted by molar-refractivity contribution is 0.120. The molecule has 0 spiro atoms. The molecule has 0 bridgehead atoms. The number of carbonyl (C=O) groups is 1. The van der Waals surface area contributed by atoms with Gasteiger partial charge in [0, 0.05) is 7.05 Å². The molecule has 1 amide bonds. The van der Waals surface area contributed by atoms with Crippen LogP contribution in [0.1, 0.15) is 18.6 Å². The third-order valence-electron chi connectivity index (χ3n) is 2.61. The molecule has 1 atom stereocenters. The van der Waals surface area contributed by atoms with Gasteiger partial charge in [-0.05, 0) is 40.5 Å². The van der Waals surface area contributed by atoms with Gasteiger partial charge in [-0.3, -0.25) is 5.32 Å². The lowest BCUT2D eigenvalue weighted by Crippen LogP contribution is -2.18. The van der Waals surface area contributed by atoms with E-state index in [1.54, 1.807) is 26.1 Å². The summed E-state index contributed by atoms with van der Waals surface area (Å²) in [6.07, 6.45) is -1.25. The molecule has 8 heteroatoms. The second kappa shape index (κ2) is 6.00. The van der Waals surface area contributed by atoms with Crippen LogP contribution in [-0.4, -0.2) is 21.1 Å². The second-order valence-electron chi connectivity index (χ2n) is 4.08. The van der Waals surface area contributed by atoms with Gasteiger partial charge in [0.1, 0.15) is 11.9 Å². The minimum absolute atomic E-state index is 0.376. The molecule has 6 nitrogen and oxygen atoms in total. The number of anilines is 1. The van der Waals surface area contributed by atoms with E-state index in [0.717, 1.165) is 0 Å². The molecule has 1 aromatic carbocycles. The summed E-state index contributed by atoms with van der Waals surface area (Å²) in [5, 5.41) is 9.96. The van der Waals surface area contributed by atoms with Crippen molar-refractivity contribution in [2.24, 2.45) is 7.05 Å². The Morgan fingerprint density at radius 3 is 2.90 bits per heavy atom. The molecule has 0 saturated heterocycles. The van der Waals surface area contributed by atoms with Gasteiger partial charge in [0.05, 0.1) is 0 Å². The fraction of sp³-hybridized carbons (Fsp3) is 0.250. The maximum atomic E-state index is 13.1. The molecule has 20 heavy (non-hydrogen) atoms. The van der Waals surface area contributed by atoms with E-state index in [1.165, 1.54) is 16.8 Å². The van der Waals surface area contributed by atoms with Crippen molar-refractivity contribution in [2.45, 2.75) is 13.0 Å². The van der Waals surface area contributed by atoms with E-state index < -0.39 is 12.2 Å². The maximum absolute atomic E-state index is 13.1. The van der Waals surface area contributed by atoms with E-state index in [2.05, 4.69) is 31.6 Å². The van der Waals surface area contributed by atoms with Crippen molar-refractivity contribution < 1.29 is 13.9 Å². The van der Waals surface area contributed by atoms with Crippen LogP contribution >= 0.6 is 15.9 Å². The summed E-state index contributed by atoms with van der Waals surface area (Å²) in [6, 6.07) is 5.89. The van der Waals surface area contributed by atoms with Crippen molar-refractivity contribution in [1.29, 1.82) is 0 Å². The van der Waals surface area contributed by atoms with Gasteiger partial charge in [-0.1, -0.05) is 17.3 Å². The average Bonchev–Trinajstić information content (AvgIpc) is 2.70. The molecule has 1 aromatic heterocycles. The van der Waals surface area contributed by atoms with Gasteiger partial charge in [-0.25, -0.2) is 13.9 Å². The number of hydrogen-bond acceptors (Lipinski definition) is 4. The molecule has 0 unspecified atom stereocenters. The molecule has 2 aromatic rings. The van der Waals surface area contributed by atoms with E-state index >= 15 is 0 Å². The Kier molecular flexibility index (Phi) is 4.33. The Hall–Kier alpha value is -1.96. The molecule has 0 saturated carbocycles.